The van der Waals surface area contributed by atoms with Crippen LogP contribution < -0.4 is 5.32 Å². The third kappa shape index (κ3) is 4.63. The fourth-order valence-electron chi connectivity index (χ4n) is 1.26. The normalized spacial score (nSPS) is 10.2. The van der Waals surface area contributed by atoms with E-state index in [-0.39, 0.29) is 12.5 Å². The second-order valence-electron chi connectivity index (χ2n) is 3.49. The van der Waals surface area contributed by atoms with Crippen molar-refractivity contribution in [3.8, 4) is 0 Å². The lowest BCUT2D eigenvalue weighted by atomic mass is 10.3. The second kappa shape index (κ2) is 6.50. The van der Waals surface area contributed by atoms with Gasteiger partial charge in [-0.15, -0.1) is 0 Å². The summed E-state index contributed by atoms with van der Waals surface area (Å²) in [7, 11) is 0. The summed E-state index contributed by atoms with van der Waals surface area (Å²) in [6, 6.07) is 3.95. The van der Waals surface area contributed by atoms with Crippen molar-refractivity contribution in [1.29, 1.82) is 0 Å². The first-order valence-electron chi connectivity index (χ1n) is 5.07. The summed E-state index contributed by atoms with van der Waals surface area (Å²) in [4.78, 5) is 15.6. The molecule has 1 heterocycles. The van der Waals surface area contributed by atoms with E-state index in [2.05, 4.69) is 10.3 Å². The van der Waals surface area contributed by atoms with E-state index in [1.54, 1.807) is 0 Å². The van der Waals surface area contributed by atoms with Crippen LogP contribution in [0.25, 0.3) is 0 Å². The third-order valence-electron chi connectivity index (χ3n) is 1.86. The zero-order valence-electron chi connectivity index (χ0n) is 9.49. The first-order chi connectivity index (χ1) is 7.61. The number of aryl methyl sites for hydroxylation is 2. The molecule has 0 saturated heterocycles. The van der Waals surface area contributed by atoms with Crippen molar-refractivity contribution in [3.05, 3.63) is 23.4 Å². The Bertz CT molecular complexity index is 349. The van der Waals surface area contributed by atoms with E-state index in [9.17, 15) is 4.79 Å². The highest BCUT2D eigenvalue weighted by molar-refractivity contribution is 7.99. The van der Waals surface area contributed by atoms with Crippen molar-refractivity contribution >= 4 is 17.7 Å². The molecule has 0 bridgehead atoms. The lowest BCUT2D eigenvalue weighted by molar-refractivity contribution is -0.118. The molecule has 0 fully saturated rings. The average molecular weight is 240 g/mol. The molecule has 0 atom stereocenters. The zero-order chi connectivity index (χ0) is 12.0. The van der Waals surface area contributed by atoms with Gasteiger partial charge in [0.1, 0.15) is 0 Å². The summed E-state index contributed by atoms with van der Waals surface area (Å²) >= 11 is 1.40. The van der Waals surface area contributed by atoms with Crippen LogP contribution in [-0.2, 0) is 4.79 Å². The number of rotatable bonds is 5. The van der Waals surface area contributed by atoms with Crippen molar-refractivity contribution in [2.75, 3.05) is 18.9 Å². The topological polar surface area (TPSA) is 62.2 Å². The van der Waals surface area contributed by atoms with E-state index in [0.29, 0.717) is 12.3 Å². The number of nitrogens with one attached hydrogen (secondary N) is 1. The summed E-state index contributed by atoms with van der Waals surface area (Å²) in [5.41, 5.74) is 2.10. The molecule has 1 amide bonds. The van der Waals surface area contributed by atoms with Gasteiger partial charge in [0.15, 0.2) is 0 Å². The maximum absolute atomic E-state index is 11.3. The molecule has 0 aromatic carbocycles. The molecule has 1 rings (SSSR count). The molecule has 88 valence electrons. The van der Waals surface area contributed by atoms with Crippen molar-refractivity contribution in [2.24, 2.45) is 0 Å². The molecule has 0 aliphatic heterocycles. The molecular formula is C11H16N2O2S. The summed E-state index contributed by atoms with van der Waals surface area (Å²) in [5.74, 6) is 0.246. The fourth-order valence-corrected chi connectivity index (χ4v) is 2.12. The highest BCUT2D eigenvalue weighted by Gasteiger charge is 2.03. The number of pyridine rings is 1. The Morgan fingerprint density at radius 3 is 2.88 bits per heavy atom. The van der Waals surface area contributed by atoms with Crippen molar-refractivity contribution in [2.45, 2.75) is 18.9 Å². The Morgan fingerprint density at radius 1 is 1.50 bits per heavy atom. The summed E-state index contributed by atoms with van der Waals surface area (Å²) in [5, 5.41) is 12.0. The number of aliphatic hydroxyl groups is 1. The van der Waals surface area contributed by atoms with Gasteiger partial charge >= 0.3 is 0 Å². The molecule has 0 unspecified atom stereocenters. The van der Waals surface area contributed by atoms with Gasteiger partial charge in [-0.3, -0.25) is 4.79 Å². The van der Waals surface area contributed by atoms with Gasteiger partial charge in [0.2, 0.25) is 5.91 Å². The lowest BCUT2D eigenvalue weighted by Gasteiger charge is -2.04. The predicted molar refractivity (Wildman–Crippen MR) is 64.5 cm³/mol. The summed E-state index contributed by atoms with van der Waals surface area (Å²) in [6.45, 7) is 4.21. The monoisotopic (exact) mass is 240 g/mol. The van der Waals surface area contributed by atoms with Crippen molar-refractivity contribution in [1.82, 2.24) is 10.3 Å². The van der Waals surface area contributed by atoms with Crippen LogP contribution in [0.2, 0.25) is 0 Å². The van der Waals surface area contributed by atoms with Crippen LogP contribution in [0.4, 0.5) is 0 Å². The van der Waals surface area contributed by atoms with Gasteiger partial charge in [-0.2, -0.15) is 0 Å². The maximum atomic E-state index is 11.3. The fraction of sp³-hybridized carbons (Fsp3) is 0.455. The van der Waals surface area contributed by atoms with Crippen LogP contribution in [-0.4, -0.2) is 34.9 Å². The number of nitrogens with zero attached hydrogens (tertiary/aromatic N) is 1. The third-order valence-corrected chi connectivity index (χ3v) is 2.77. The minimum atomic E-state index is -0.0833. The van der Waals surface area contributed by atoms with Crippen LogP contribution in [0.3, 0.4) is 0 Å². The maximum Gasteiger partial charge on any atom is 0.230 e. The van der Waals surface area contributed by atoms with Crippen molar-refractivity contribution < 1.29 is 9.90 Å². The minimum Gasteiger partial charge on any atom is -0.395 e. The molecule has 1 aromatic rings. The number of aliphatic hydroxyl groups excluding tert-OH is 1. The van der Waals surface area contributed by atoms with E-state index in [1.165, 1.54) is 11.8 Å². The van der Waals surface area contributed by atoms with Gasteiger partial charge in [0, 0.05) is 12.2 Å². The molecule has 2 N–H and O–H groups in total. The number of thioether (sulfide) groups is 1. The number of carbonyl (C=O) groups excluding carboxylic acids is 1. The van der Waals surface area contributed by atoms with Crippen molar-refractivity contribution in [3.63, 3.8) is 0 Å². The van der Waals surface area contributed by atoms with Gasteiger partial charge in [-0.05, 0) is 31.5 Å². The van der Waals surface area contributed by atoms with E-state index in [4.69, 9.17) is 5.11 Å². The Morgan fingerprint density at radius 2 is 2.25 bits per heavy atom. The van der Waals surface area contributed by atoms with Gasteiger partial charge in [-0.25, -0.2) is 4.98 Å². The number of amides is 1. The van der Waals surface area contributed by atoms with Crippen LogP contribution in [0, 0.1) is 13.8 Å². The molecular weight excluding hydrogens is 224 g/mol. The highest BCUT2D eigenvalue weighted by atomic mass is 32.2. The molecule has 0 radical (unpaired) electrons. The van der Waals surface area contributed by atoms with Gasteiger partial charge in [0.05, 0.1) is 17.4 Å². The van der Waals surface area contributed by atoms with Crippen LogP contribution in [0.5, 0.6) is 0 Å². The largest absolute Gasteiger partial charge is 0.395 e. The van der Waals surface area contributed by atoms with Crippen LogP contribution >= 0.6 is 11.8 Å². The van der Waals surface area contributed by atoms with Gasteiger partial charge in [0.25, 0.3) is 0 Å². The number of aromatic nitrogens is 1. The molecule has 16 heavy (non-hydrogen) atoms. The predicted octanol–water partition coefficient (Wildman–Crippen LogP) is 0.899. The first kappa shape index (κ1) is 13.0. The van der Waals surface area contributed by atoms with Crippen LogP contribution in [0.1, 0.15) is 11.3 Å². The quantitative estimate of drug-likeness (QED) is 0.751. The van der Waals surface area contributed by atoms with Crippen LogP contribution in [0.15, 0.2) is 17.2 Å². The Kier molecular flexibility index (Phi) is 5.28. The highest BCUT2D eigenvalue weighted by Crippen LogP contribution is 2.17. The molecule has 0 spiro atoms. The smallest absolute Gasteiger partial charge is 0.230 e. The minimum absolute atomic E-state index is 0.0296. The molecule has 1 aromatic heterocycles. The number of hydrogen-bond acceptors (Lipinski definition) is 4. The molecule has 0 aliphatic rings. The molecule has 0 aliphatic carbocycles. The van der Waals surface area contributed by atoms with E-state index in [1.807, 2.05) is 26.0 Å². The zero-order valence-corrected chi connectivity index (χ0v) is 10.3. The molecule has 5 heteroatoms. The number of hydrogen-bond donors (Lipinski definition) is 2. The van der Waals surface area contributed by atoms with E-state index < -0.39 is 0 Å². The Balaban J connectivity index is 2.45. The summed E-state index contributed by atoms with van der Waals surface area (Å²) in [6.07, 6.45) is 0. The summed E-state index contributed by atoms with van der Waals surface area (Å²) < 4.78 is 0. The van der Waals surface area contributed by atoms with E-state index >= 15 is 0 Å². The molecule has 4 nitrogen and oxygen atoms in total. The number of carbonyl (C=O) groups is 1. The Hall–Kier alpha value is -1.07. The van der Waals surface area contributed by atoms with Gasteiger partial charge < -0.3 is 10.4 Å². The second-order valence-corrected chi connectivity index (χ2v) is 4.48. The standard InChI is InChI=1S/C11H16N2O2S/c1-8-5-9(2)13-11(6-8)16-7-10(15)12-3-4-14/h5-6,14H,3-4,7H2,1-2H3,(H,12,15). The lowest BCUT2D eigenvalue weighted by Crippen LogP contribution is -2.27. The molecule has 0 saturated carbocycles. The first-order valence-corrected chi connectivity index (χ1v) is 6.06. The van der Waals surface area contributed by atoms with E-state index in [0.717, 1.165) is 16.3 Å². The SMILES string of the molecule is Cc1cc(C)nc(SCC(=O)NCCO)c1. The Labute approximate surface area is 99.5 Å². The average Bonchev–Trinajstić information content (AvgIpc) is 2.22. The van der Waals surface area contributed by atoms with Gasteiger partial charge in [-0.1, -0.05) is 11.8 Å².